The fourth-order valence-corrected chi connectivity index (χ4v) is 2.36. The number of nitrogens with zero attached hydrogens (tertiary/aromatic N) is 6. The van der Waals surface area contributed by atoms with E-state index in [2.05, 4.69) is 15.1 Å². The molecular weight excluding hydrogens is 280 g/mol. The highest BCUT2D eigenvalue weighted by Crippen LogP contribution is 2.09. The van der Waals surface area contributed by atoms with Gasteiger partial charge in [-0.3, -0.25) is 4.57 Å². The van der Waals surface area contributed by atoms with E-state index in [4.69, 9.17) is 0 Å². The van der Waals surface area contributed by atoms with Crippen LogP contribution in [-0.4, -0.2) is 28.7 Å². The van der Waals surface area contributed by atoms with Crippen molar-refractivity contribution >= 4 is 5.65 Å². The molecule has 0 radical (unpaired) electrons. The van der Waals surface area contributed by atoms with Gasteiger partial charge in [-0.2, -0.15) is 0 Å². The molecule has 0 fully saturated rings. The van der Waals surface area contributed by atoms with E-state index in [9.17, 15) is 4.79 Å². The van der Waals surface area contributed by atoms with Gasteiger partial charge < -0.3 is 0 Å². The van der Waals surface area contributed by atoms with Gasteiger partial charge in [0.05, 0.1) is 6.54 Å². The molecular formula is C15H12N6O. The van der Waals surface area contributed by atoms with Crippen LogP contribution in [0.4, 0.5) is 0 Å². The Kier molecular flexibility index (Phi) is 2.82. The molecule has 0 aliphatic rings. The van der Waals surface area contributed by atoms with Crippen LogP contribution in [0.25, 0.3) is 11.5 Å². The van der Waals surface area contributed by atoms with E-state index < -0.39 is 0 Å². The van der Waals surface area contributed by atoms with Crippen molar-refractivity contribution < 1.29 is 0 Å². The number of hydrogen-bond donors (Lipinski definition) is 0. The smallest absolute Gasteiger partial charge is 0.287 e. The lowest BCUT2D eigenvalue weighted by atomic mass is 10.2. The maximum atomic E-state index is 12.5. The minimum atomic E-state index is -0.192. The van der Waals surface area contributed by atoms with E-state index in [-0.39, 0.29) is 5.69 Å². The van der Waals surface area contributed by atoms with Crippen molar-refractivity contribution in [1.29, 1.82) is 0 Å². The van der Waals surface area contributed by atoms with E-state index >= 15 is 0 Å². The molecule has 1 aromatic carbocycles. The third kappa shape index (κ3) is 1.99. The molecule has 4 aromatic rings. The average Bonchev–Trinajstić information content (AvgIpc) is 3.18. The molecule has 3 heterocycles. The minimum Gasteiger partial charge on any atom is -0.287 e. The number of benzene rings is 1. The average molecular weight is 292 g/mol. The van der Waals surface area contributed by atoms with Crippen molar-refractivity contribution in [3.8, 4) is 5.82 Å². The van der Waals surface area contributed by atoms with Crippen LogP contribution in [0.15, 0.2) is 66.2 Å². The van der Waals surface area contributed by atoms with Crippen LogP contribution < -0.4 is 5.69 Å². The first kappa shape index (κ1) is 12.5. The Hall–Kier alpha value is -3.22. The van der Waals surface area contributed by atoms with E-state index in [1.165, 1.54) is 9.08 Å². The van der Waals surface area contributed by atoms with Gasteiger partial charge >= 0.3 is 5.69 Å². The third-order valence-electron chi connectivity index (χ3n) is 3.41. The van der Waals surface area contributed by atoms with Crippen LogP contribution >= 0.6 is 0 Å². The van der Waals surface area contributed by atoms with Crippen LogP contribution in [0.5, 0.6) is 0 Å². The predicted molar refractivity (Wildman–Crippen MR) is 79.9 cm³/mol. The molecule has 4 rings (SSSR count). The Labute approximate surface area is 125 Å². The highest BCUT2D eigenvalue weighted by Gasteiger charge is 2.12. The van der Waals surface area contributed by atoms with Gasteiger partial charge in [-0.15, -0.1) is 5.10 Å². The number of fused-ring (bicyclic) bond motifs is 1. The number of aromatic nitrogens is 6. The Balaban J connectivity index is 1.87. The standard InChI is InChI=1S/C15H12N6O/c22-15-20-9-7-17-13(19-8-6-16-11-19)14(20)18-21(15)10-12-4-2-1-3-5-12/h1-9,11H,10H2. The lowest BCUT2D eigenvalue weighted by Crippen LogP contribution is -2.21. The molecule has 3 aromatic heterocycles. The van der Waals surface area contributed by atoms with Crippen LogP contribution in [-0.2, 0) is 6.54 Å². The molecule has 108 valence electrons. The highest BCUT2D eigenvalue weighted by atomic mass is 16.2. The minimum absolute atomic E-state index is 0.192. The van der Waals surface area contributed by atoms with Crippen molar-refractivity contribution in [1.82, 2.24) is 28.7 Å². The summed E-state index contributed by atoms with van der Waals surface area (Å²) in [5, 5.41) is 4.42. The van der Waals surface area contributed by atoms with Crippen LogP contribution in [0, 0.1) is 0 Å². The summed E-state index contributed by atoms with van der Waals surface area (Å²) in [7, 11) is 0. The van der Waals surface area contributed by atoms with Gasteiger partial charge in [-0.1, -0.05) is 30.3 Å². The van der Waals surface area contributed by atoms with Gasteiger partial charge in [0.15, 0.2) is 5.82 Å². The largest absolute Gasteiger partial charge is 0.350 e. The lowest BCUT2D eigenvalue weighted by Gasteiger charge is -2.00. The van der Waals surface area contributed by atoms with Gasteiger partial charge in [0.25, 0.3) is 0 Å². The van der Waals surface area contributed by atoms with E-state index in [0.29, 0.717) is 18.0 Å². The second-order valence-electron chi connectivity index (χ2n) is 4.84. The van der Waals surface area contributed by atoms with Crippen molar-refractivity contribution in [2.45, 2.75) is 6.54 Å². The molecule has 0 saturated carbocycles. The van der Waals surface area contributed by atoms with E-state index in [0.717, 1.165) is 5.56 Å². The van der Waals surface area contributed by atoms with Gasteiger partial charge in [0, 0.05) is 24.8 Å². The van der Waals surface area contributed by atoms with Gasteiger partial charge in [-0.05, 0) is 5.56 Å². The van der Waals surface area contributed by atoms with Gasteiger partial charge in [0.2, 0.25) is 5.65 Å². The Morgan fingerprint density at radius 2 is 1.91 bits per heavy atom. The maximum Gasteiger partial charge on any atom is 0.350 e. The van der Waals surface area contributed by atoms with Crippen LogP contribution in [0.3, 0.4) is 0 Å². The molecule has 22 heavy (non-hydrogen) atoms. The van der Waals surface area contributed by atoms with Crippen molar-refractivity contribution in [3.05, 3.63) is 77.5 Å². The van der Waals surface area contributed by atoms with Gasteiger partial charge in [-0.25, -0.2) is 23.8 Å². The molecule has 0 unspecified atom stereocenters. The van der Waals surface area contributed by atoms with Crippen molar-refractivity contribution in [2.24, 2.45) is 0 Å². The molecule has 0 aliphatic heterocycles. The molecule has 0 saturated heterocycles. The van der Waals surface area contributed by atoms with E-state index in [1.54, 1.807) is 35.7 Å². The molecule has 7 nitrogen and oxygen atoms in total. The summed E-state index contributed by atoms with van der Waals surface area (Å²) in [4.78, 5) is 20.8. The molecule has 7 heteroatoms. The second-order valence-corrected chi connectivity index (χ2v) is 4.84. The predicted octanol–water partition coefficient (Wildman–Crippen LogP) is 1.12. The zero-order valence-corrected chi connectivity index (χ0v) is 11.6. The van der Waals surface area contributed by atoms with E-state index in [1.807, 2.05) is 30.3 Å². The summed E-state index contributed by atoms with van der Waals surface area (Å²) in [6.45, 7) is 0.421. The summed E-state index contributed by atoms with van der Waals surface area (Å²) in [5.74, 6) is 0.573. The molecule has 0 atom stereocenters. The summed E-state index contributed by atoms with van der Waals surface area (Å²) in [5.41, 5.74) is 1.33. The Morgan fingerprint density at radius 3 is 2.68 bits per heavy atom. The molecule has 0 bridgehead atoms. The first-order chi connectivity index (χ1) is 10.8. The first-order valence-corrected chi connectivity index (χ1v) is 6.79. The normalized spacial score (nSPS) is 11.1. The Bertz CT molecular complexity index is 968. The van der Waals surface area contributed by atoms with Gasteiger partial charge in [0.1, 0.15) is 6.33 Å². The second kappa shape index (κ2) is 4.96. The topological polar surface area (TPSA) is 70.0 Å². The molecule has 0 aliphatic carbocycles. The van der Waals surface area contributed by atoms with Crippen molar-refractivity contribution in [3.63, 3.8) is 0 Å². The SMILES string of the molecule is O=c1n(Cc2ccccc2)nc2c(-n3ccnc3)nccn12. The zero-order chi connectivity index (χ0) is 14.9. The van der Waals surface area contributed by atoms with Crippen LogP contribution in [0.2, 0.25) is 0 Å². The van der Waals surface area contributed by atoms with Crippen molar-refractivity contribution in [2.75, 3.05) is 0 Å². The molecule has 0 amide bonds. The zero-order valence-electron chi connectivity index (χ0n) is 11.6. The third-order valence-corrected chi connectivity index (χ3v) is 3.41. The first-order valence-electron chi connectivity index (χ1n) is 6.79. The summed E-state index contributed by atoms with van der Waals surface area (Å²) in [6, 6.07) is 9.75. The monoisotopic (exact) mass is 292 g/mol. The summed E-state index contributed by atoms with van der Waals surface area (Å²) < 4.78 is 4.66. The lowest BCUT2D eigenvalue weighted by molar-refractivity contribution is 0.658. The fraction of sp³-hybridized carbons (Fsp3) is 0.0667. The highest BCUT2D eigenvalue weighted by molar-refractivity contribution is 5.53. The Morgan fingerprint density at radius 1 is 1.05 bits per heavy atom. The van der Waals surface area contributed by atoms with Crippen LogP contribution in [0.1, 0.15) is 5.56 Å². The quantitative estimate of drug-likeness (QED) is 0.567. The number of hydrogen-bond acceptors (Lipinski definition) is 4. The maximum absolute atomic E-state index is 12.5. The number of rotatable bonds is 3. The molecule has 0 N–H and O–H groups in total. The number of imidazole rings is 1. The summed E-state index contributed by atoms with van der Waals surface area (Å²) in [6.07, 6.45) is 8.25. The summed E-state index contributed by atoms with van der Waals surface area (Å²) >= 11 is 0. The molecule has 0 spiro atoms. The fourth-order valence-electron chi connectivity index (χ4n) is 2.36.